The summed E-state index contributed by atoms with van der Waals surface area (Å²) in [7, 11) is 0. The first-order valence-corrected chi connectivity index (χ1v) is 11.9. The number of aliphatic hydroxyl groups excluding tert-OH is 1. The number of likely N-dealkylation sites (tertiary alicyclic amines) is 1. The standard InChI is InChI=1S/C28H27ClN2O4/c1-4-35-21-12-13-23(29)22(15-21)26(32)24-25(19-10-8-18(9-11-19)17(2)3)31(28(34)27(24)33)16-20-7-5-6-14-30-20/h5-15,17,25,32H,4,16H2,1-3H3/b26-24+. The van der Waals surface area contributed by atoms with Gasteiger partial charge in [0.15, 0.2) is 0 Å². The maximum atomic E-state index is 13.3. The lowest BCUT2D eigenvalue weighted by Gasteiger charge is -2.25. The van der Waals surface area contributed by atoms with Gasteiger partial charge in [-0.3, -0.25) is 14.6 Å². The van der Waals surface area contributed by atoms with Crippen LogP contribution in [0.1, 0.15) is 55.1 Å². The molecule has 2 aromatic carbocycles. The molecule has 6 nitrogen and oxygen atoms in total. The number of rotatable bonds is 7. The van der Waals surface area contributed by atoms with Gasteiger partial charge in [-0.2, -0.15) is 0 Å². The highest BCUT2D eigenvalue weighted by molar-refractivity contribution is 6.47. The number of hydrogen-bond donors (Lipinski definition) is 1. The molecule has 1 aliphatic heterocycles. The summed E-state index contributed by atoms with van der Waals surface area (Å²) in [5.41, 5.74) is 2.69. The Morgan fingerprint density at radius 2 is 1.86 bits per heavy atom. The summed E-state index contributed by atoms with van der Waals surface area (Å²) in [5, 5.41) is 11.6. The summed E-state index contributed by atoms with van der Waals surface area (Å²) in [6, 6.07) is 17.2. The van der Waals surface area contributed by atoms with E-state index in [-0.39, 0.29) is 28.5 Å². The Labute approximate surface area is 209 Å². The van der Waals surface area contributed by atoms with E-state index in [1.807, 2.05) is 37.3 Å². The van der Waals surface area contributed by atoms with Crippen LogP contribution in [0.25, 0.3) is 5.76 Å². The largest absolute Gasteiger partial charge is 0.507 e. The highest BCUT2D eigenvalue weighted by Crippen LogP contribution is 2.42. The fraction of sp³-hybridized carbons (Fsp3) is 0.250. The molecule has 1 atom stereocenters. The second-order valence-electron chi connectivity index (χ2n) is 8.64. The maximum absolute atomic E-state index is 13.3. The third-order valence-corrected chi connectivity index (χ3v) is 6.35. The molecule has 1 saturated heterocycles. The molecule has 1 aromatic heterocycles. The molecule has 1 N–H and O–H groups in total. The third kappa shape index (κ3) is 4.93. The summed E-state index contributed by atoms with van der Waals surface area (Å²) in [6.07, 6.45) is 1.64. The lowest BCUT2D eigenvalue weighted by Crippen LogP contribution is -2.29. The van der Waals surface area contributed by atoms with E-state index in [1.54, 1.807) is 36.5 Å². The van der Waals surface area contributed by atoms with Crippen molar-refractivity contribution in [2.24, 2.45) is 0 Å². The van der Waals surface area contributed by atoms with Gasteiger partial charge in [0.1, 0.15) is 11.5 Å². The van der Waals surface area contributed by atoms with Crippen molar-refractivity contribution in [3.63, 3.8) is 0 Å². The molecule has 0 radical (unpaired) electrons. The molecule has 0 bridgehead atoms. The Morgan fingerprint density at radius 3 is 2.49 bits per heavy atom. The Balaban J connectivity index is 1.87. The topological polar surface area (TPSA) is 79.7 Å². The molecule has 3 aromatic rings. The van der Waals surface area contributed by atoms with Gasteiger partial charge in [0.05, 0.1) is 35.5 Å². The van der Waals surface area contributed by atoms with E-state index in [4.69, 9.17) is 16.3 Å². The zero-order chi connectivity index (χ0) is 25.1. The van der Waals surface area contributed by atoms with Crippen molar-refractivity contribution in [1.82, 2.24) is 9.88 Å². The van der Waals surface area contributed by atoms with Gasteiger partial charge in [0, 0.05) is 11.8 Å². The summed E-state index contributed by atoms with van der Waals surface area (Å²) in [5.74, 6) is -0.985. The first-order valence-electron chi connectivity index (χ1n) is 11.5. The van der Waals surface area contributed by atoms with E-state index < -0.39 is 17.7 Å². The highest BCUT2D eigenvalue weighted by atomic mass is 35.5. The van der Waals surface area contributed by atoms with E-state index in [0.717, 1.165) is 5.56 Å². The van der Waals surface area contributed by atoms with Gasteiger partial charge in [-0.1, -0.05) is 55.8 Å². The highest BCUT2D eigenvalue weighted by Gasteiger charge is 2.46. The van der Waals surface area contributed by atoms with E-state index in [0.29, 0.717) is 29.5 Å². The maximum Gasteiger partial charge on any atom is 0.296 e. The molecule has 180 valence electrons. The molecular weight excluding hydrogens is 464 g/mol. The average Bonchev–Trinajstić information content (AvgIpc) is 3.10. The predicted molar refractivity (Wildman–Crippen MR) is 135 cm³/mol. The van der Waals surface area contributed by atoms with Crippen LogP contribution in [-0.2, 0) is 16.1 Å². The summed E-state index contributed by atoms with van der Waals surface area (Å²) < 4.78 is 5.55. The molecule has 35 heavy (non-hydrogen) atoms. The number of aliphatic hydroxyl groups is 1. The van der Waals surface area contributed by atoms with Crippen LogP contribution in [0.5, 0.6) is 5.75 Å². The van der Waals surface area contributed by atoms with Crippen LogP contribution in [-0.4, -0.2) is 33.3 Å². The smallest absolute Gasteiger partial charge is 0.296 e. The fourth-order valence-electron chi connectivity index (χ4n) is 4.21. The second-order valence-corrected chi connectivity index (χ2v) is 9.05. The second kappa shape index (κ2) is 10.3. The van der Waals surface area contributed by atoms with Crippen LogP contribution in [0.4, 0.5) is 0 Å². The van der Waals surface area contributed by atoms with Crippen molar-refractivity contribution in [2.75, 3.05) is 6.61 Å². The SMILES string of the molecule is CCOc1ccc(Cl)c(/C(O)=C2\C(=O)C(=O)N(Cc3ccccn3)C2c2ccc(C(C)C)cc2)c1. The van der Waals surface area contributed by atoms with Crippen LogP contribution in [0.15, 0.2) is 72.4 Å². The molecule has 0 spiro atoms. The Kier molecular flexibility index (Phi) is 7.22. The molecule has 0 aliphatic carbocycles. The lowest BCUT2D eigenvalue weighted by atomic mass is 9.93. The lowest BCUT2D eigenvalue weighted by molar-refractivity contribution is -0.140. The minimum absolute atomic E-state index is 0.0150. The van der Waals surface area contributed by atoms with Crippen molar-refractivity contribution in [3.05, 3.63) is 99.8 Å². The van der Waals surface area contributed by atoms with Gasteiger partial charge < -0.3 is 14.7 Å². The number of ether oxygens (including phenoxy) is 1. The number of pyridine rings is 1. The molecule has 7 heteroatoms. The molecule has 0 saturated carbocycles. The van der Waals surface area contributed by atoms with Gasteiger partial charge in [0.25, 0.3) is 11.7 Å². The fourth-order valence-corrected chi connectivity index (χ4v) is 4.41. The molecular formula is C28H27ClN2O4. The van der Waals surface area contributed by atoms with Crippen LogP contribution >= 0.6 is 11.6 Å². The van der Waals surface area contributed by atoms with Crippen molar-refractivity contribution < 1.29 is 19.4 Å². The van der Waals surface area contributed by atoms with Gasteiger partial charge in [-0.15, -0.1) is 0 Å². The van der Waals surface area contributed by atoms with Gasteiger partial charge in [-0.05, 0) is 54.3 Å². The van der Waals surface area contributed by atoms with Gasteiger partial charge in [-0.25, -0.2) is 0 Å². The number of amides is 1. The van der Waals surface area contributed by atoms with Crippen molar-refractivity contribution in [3.8, 4) is 5.75 Å². The number of ketones is 1. The average molecular weight is 491 g/mol. The van der Waals surface area contributed by atoms with E-state index in [2.05, 4.69) is 18.8 Å². The van der Waals surface area contributed by atoms with E-state index in [9.17, 15) is 14.7 Å². The third-order valence-electron chi connectivity index (χ3n) is 6.02. The monoisotopic (exact) mass is 490 g/mol. The normalized spacial score (nSPS) is 17.3. The van der Waals surface area contributed by atoms with Crippen LogP contribution in [0.2, 0.25) is 5.02 Å². The number of halogens is 1. The zero-order valence-corrected chi connectivity index (χ0v) is 20.6. The number of Topliss-reactive ketones (excluding diaryl/α,β-unsaturated/α-hetero) is 1. The van der Waals surface area contributed by atoms with Gasteiger partial charge >= 0.3 is 0 Å². The number of benzene rings is 2. The number of hydrogen-bond acceptors (Lipinski definition) is 5. The molecule has 1 amide bonds. The first kappa shape index (κ1) is 24.5. The van der Waals surface area contributed by atoms with E-state index >= 15 is 0 Å². The molecule has 2 heterocycles. The number of aromatic nitrogens is 1. The number of carbonyl (C=O) groups excluding carboxylic acids is 2. The predicted octanol–water partition coefficient (Wildman–Crippen LogP) is 5.88. The summed E-state index contributed by atoms with van der Waals surface area (Å²) in [4.78, 5) is 32.3. The van der Waals surface area contributed by atoms with Crippen molar-refractivity contribution >= 4 is 29.1 Å². The van der Waals surface area contributed by atoms with E-state index in [1.165, 1.54) is 4.90 Å². The molecule has 1 aliphatic rings. The summed E-state index contributed by atoms with van der Waals surface area (Å²) >= 11 is 6.40. The van der Waals surface area contributed by atoms with Crippen LogP contribution in [0.3, 0.4) is 0 Å². The van der Waals surface area contributed by atoms with Gasteiger partial charge in [0.2, 0.25) is 0 Å². The Morgan fingerprint density at radius 1 is 1.11 bits per heavy atom. The number of carbonyl (C=O) groups is 2. The van der Waals surface area contributed by atoms with Crippen LogP contribution in [0, 0.1) is 0 Å². The number of nitrogens with zero attached hydrogens (tertiary/aromatic N) is 2. The molecule has 4 rings (SSSR count). The quantitative estimate of drug-likeness (QED) is 0.254. The minimum Gasteiger partial charge on any atom is -0.507 e. The zero-order valence-electron chi connectivity index (χ0n) is 19.9. The summed E-state index contributed by atoms with van der Waals surface area (Å²) in [6.45, 7) is 6.58. The molecule has 1 unspecified atom stereocenters. The minimum atomic E-state index is -0.801. The van der Waals surface area contributed by atoms with Crippen LogP contribution < -0.4 is 4.74 Å². The Hall–Kier alpha value is -3.64. The first-order chi connectivity index (χ1) is 16.8. The molecule has 1 fully saturated rings. The Bertz CT molecular complexity index is 1270. The van der Waals surface area contributed by atoms with Crippen molar-refractivity contribution in [2.45, 2.75) is 39.3 Å². The van der Waals surface area contributed by atoms with Crippen molar-refractivity contribution in [1.29, 1.82) is 0 Å².